The second kappa shape index (κ2) is 6.12. The average molecular weight is 345 g/mol. The number of hydrogen-bond donors (Lipinski definition) is 1. The average Bonchev–Trinajstić information content (AvgIpc) is 3.34. The van der Waals surface area contributed by atoms with Crippen molar-refractivity contribution in [1.29, 1.82) is 5.26 Å². The van der Waals surface area contributed by atoms with Gasteiger partial charge in [-0.3, -0.25) is 4.99 Å². The standard InChI is InChI=1S/C24H15N3/c25-13-16-9-11-17(12-10-16)24(20-14-26-22-7-3-1-5-18(20)22)21-15-27-23-8-4-2-6-19(21)23/h1-12,14-15,26H. The number of hydrogen-bond acceptors (Lipinski definition) is 2. The number of allylic oxidation sites excluding steroid dienone is 1. The number of H-pyrrole nitrogens is 1. The van der Waals surface area contributed by atoms with Gasteiger partial charge in [-0.15, -0.1) is 0 Å². The molecule has 3 aromatic carbocycles. The third-order valence-corrected chi connectivity index (χ3v) is 4.96. The number of aliphatic imine (C=N–C) groups is 1. The highest BCUT2D eigenvalue weighted by atomic mass is 14.8. The van der Waals surface area contributed by atoms with E-state index in [1.807, 2.05) is 54.7 Å². The molecule has 0 amide bonds. The first-order chi connectivity index (χ1) is 13.3. The number of fused-ring (bicyclic) bond motifs is 2. The fourth-order valence-electron chi connectivity index (χ4n) is 3.66. The van der Waals surface area contributed by atoms with Crippen LogP contribution in [0.25, 0.3) is 22.0 Å². The van der Waals surface area contributed by atoms with E-state index in [1.165, 1.54) is 5.39 Å². The second-order valence-corrected chi connectivity index (χ2v) is 6.50. The lowest BCUT2D eigenvalue weighted by Crippen LogP contribution is -1.94. The monoisotopic (exact) mass is 345 g/mol. The van der Waals surface area contributed by atoms with Gasteiger partial charge in [-0.1, -0.05) is 48.5 Å². The number of rotatable bonds is 2. The topological polar surface area (TPSA) is 51.9 Å². The number of nitrogens with one attached hydrogen (secondary N) is 1. The Morgan fingerprint density at radius 1 is 0.889 bits per heavy atom. The van der Waals surface area contributed by atoms with Gasteiger partial charge in [-0.05, 0) is 29.8 Å². The molecule has 1 aromatic heterocycles. The Morgan fingerprint density at radius 2 is 1.67 bits per heavy atom. The summed E-state index contributed by atoms with van der Waals surface area (Å²) >= 11 is 0. The molecule has 0 saturated heterocycles. The van der Waals surface area contributed by atoms with E-state index < -0.39 is 0 Å². The van der Waals surface area contributed by atoms with E-state index in [-0.39, 0.29) is 0 Å². The molecule has 0 saturated carbocycles. The zero-order valence-electron chi connectivity index (χ0n) is 14.5. The molecule has 1 aliphatic rings. The molecule has 0 radical (unpaired) electrons. The van der Waals surface area contributed by atoms with E-state index in [9.17, 15) is 0 Å². The summed E-state index contributed by atoms with van der Waals surface area (Å²) in [5, 5.41) is 10.3. The van der Waals surface area contributed by atoms with Crippen LogP contribution in [0.15, 0.2) is 84.0 Å². The first-order valence-corrected chi connectivity index (χ1v) is 8.80. The second-order valence-electron chi connectivity index (χ2n) is 6.50. The van der Waals surface area contributed by atoms with E-state index in [2.05, 4.69) is 46.5 Å². The summed E-state index contributed by atoms with van der Waals surface area (Å²) in [5.41, 5.74) is 8.28. The lowest BCUT2D eigenvalue weighted by molar-refractivity contribution is 1.45. The smallest absolute Gasteiger partial charge is 0.0991 e. The molecule has 0 fully saturated rings. The molecule has 126 valence electrons. The predicted octanol–water partition coefficient (Wildman–Crippen LogP) is 5.71. The molecule has 0 atom stereocenters. The van der Waals surface area contributed by atoms with Crippen molar-refractivity contribution in [2.24, 2.45) is 4.99 Å². The van der Waals surface area contributed by atoms with Gasteiger partial charge in [0.05, 0.1) is 17.3 Å². The SMILES string of the molecule is N#Cc1ccc(C(=C2C=Nc3ccccc32)c2c[nH]c3ccccc23)cc1. The maximum atomic E-state index is 9.15. The molecule has 2 heterocycles. The third-order valence-electron chi connectivity index (χ3n) is 4.96. The first kappa shape index (κ1) is 15.4. The molecule has 3 heteroatoms. The quantitative estimate of drug-likeness (QED) is 0.497. The number of nitriles is 1. The highest BCUT2D eigenvalue weighted by molar-refractivity contribution is 6.27. The van der Waals surface area contributed by atoms with Crippen molar-refractivity contribution in [3.63, 3.8) is 0 Å². The predicted molar refractivity (Wildman–Crippen MR) is 110 cm³/mol. The molecule has 1 aliphatic heterocycles. The van der Waals surface area contributed by atoms with Crippen LogP contribution in [0.3, 0.4) is 0 Å². The molecule has 0 bridgehead atoms. The molecule has 0 spiro atoms. The van der Waals surface area contributed by atoms with Crippen LogP contribution < -0.4 is 0 Å². The number of benzene rings is 3. The number of nitrogens with zero attached hydrogens (tertiary/aromatic N) is 2. The van der Waals surface area contributed by atoms with Crippen LogP contribution >= 0.6 is 0 Å². The summed E-state index contributed by atoms with van der Waals surface area (Å²) in [6.45, 7) is 0. The molecule has 3 nitrogen and oxygen atoms in total. The van der Waals surface area contributed by atoms with Gasteiger partial charge in [0.15, 0.2) is 0 Å². The van der Waals surface area contributed by atoms with Gasteiger partial charge < -0.3 is 4.98 Å². The lowest BCUT2D eigenvalue weighted by atomic mass is 9.90. The summed E-state index contributed by atoms with van der Waals surface area (Å²) in [7, 11) is 0. The van der Waals surface area contributed by atoms with Crippen molar-refractivity contribution in [2.45, 2.75) is 0 Å². The van der Waals surface area contributed by atoms with Crippen molar-refractivity contribution in [3.05, 3.63) is 101 Å². The van der Waals surface area contributed by atoms with Gasteiger partial charge in [-0.2, -0.15) is 5.26 Å². The minimum Gasteiger partial charge on any atom is -0.361 e. The molecular weight excluding hydrogens is 330 g/mol. The molecule has 0 aliphatic carbocycles. The number of aromatic nitrogens is 1. The van der Waals surface area contributed by atoms with Crippen LogP contribution in [0.2, 0.25) is 0 Å². The molecule has 0 unspecified atom stereocenters. The Kier molecular flexibility index (Phi) is 3.48. The van der Waals surface area contributed by atoms with Crippen LogP contribution in [0, 0.1) is 11.3 Å². The summed E-state index contributed by atoms with van der Waals surface area (Å²) in [6.07, 6.45) is 4.00. The Morgan fingerprint density at radius 3 is 2.52 bits per heavy atom. The minimum atomic E-state index is 0.655. The number of aromatic amines is 1. The van der Waals surface area contributed by atoms with Crippen molar-refractivity contribution < 1.29 is 0 Å². The van der Waals surface area contributed by atoms with Crippen LogP contribution in [0.4, 0.5) is 5.69 Å². The molecule has 1 N–H and O–H groups in total. The largest absolute Gasteiger partial charge is 0.361 e. The minimum absolute atomic E-state index is 0.655. The van der Waals surface area contributed by atoms with Crippen LogP contribution in [-0.4, -0.2) is 11.2 Å². The molecule has 27 heavy (non-hydrogen) atoms. The first-order valence-electron chi connectivity index (χ1n) is 8.80. The third kappa shape index (κ3) is 2.47. The highest BCUT2D eigenvalue weighted by Gasteiger charge is 2.20. The van der Waals surface area contributed by atoms with Crippen molar-refractivity contribution in [2.75, 3.05) is 0 Å². The van der Waals surface area contributed by atoms with Crippen molar-refractivity contribution in [3.8, 4) is 6.07 Å². The summed E-state index contributed by atoms with van der Waals surface area (Å²) in [4.78, 5) is 7.98. The van der Waals surface area contributed by atoms with E-state index in [4.69, 9.17) is 5.26 Å². The zero-order chi connectivity index (χ0) is 18.2. The van der Waals surface area contributed by atoms with Gasteiger partial charge in [0.1, 0.15) is 0 Å². The van der Waals surface area contributed by atoms with Gasteiger partial charge in [0, 0.05) is 45.6 Å². The van der Waals surface area contributed by atoms with E-state index >= 15 is 0 Å². The summed E-state index contributed by atoms with van der Waals surface area (Å²) < 4.78 is 0. The van der Waals surface area contributed by atoms with Crippen LogP contribution in [0.1, 0.15) is 22.3 Å². The Balaban J connectivity index is 1.83. The van der Waals surface area contributed by atoms with Gasteiger partial charge in [0.2, 0.25) is 0 Å². The van der Waals surface area contributed by atoms with Gasteiger partial charge in [-0.25, -0.2) is 0 Å². The molecule has 4 aromatic rings. The lowest BCUT2D eigenvalue weighted by Gasteiger charge is -2.12. The molecule has 5 rings (SSSR count). The normalized spacial score (nSPS) is 14.2. The van der Waals surface area contributed by atoms with Crippen LogP contribution in [0.5, 0.6) is 0 Å². The Bertz CT molecular complexity index is 1260. The van der Waals surface area contributed by atoms with Crippen LogP contribution in [-0.2, 0) is 0 Å². The zero-order valence-corrected chi connectivity index (χ0v) is 14.5. The van der Waals surface area contributed by atoms with E-state index in [0.29, 0.717) is 5.56 Å². The highest BCUT2D eigenvalue weighted by Crippen LogP contribution is 2.40. The van der Waals surface area contributed by atoms with Gasteiger partial charge in [0.25, 0.3) is 0 Å². The number of para-hydroxylation sites is 2. The van der Waals surface area contributed by atoms with E-state index in [0.717, 1.165) is 39.0 Å². The maximum Gasteiger partial charge on any atom is 0.0991 e. The van der Waals surface area contributed by atoms with Crippen molar-refractivity contribution in [1.82, 2.24) is 4.98 Å². The maximum absolute atomic E-state index is 9.15. The van der Waals surface area contributed by atoms with E-state index in [1.54, 1.807) is 0 Å². The fraction of sp³-hybridized carbons (Fsp3) is 0. The molecular formula is C24H15N3. The fourth-order valence-corrected chi connectivity index (χ4v) is 3.66. The summed E-state index contributed by atoms with van der Waals surface area (Å²) in [5.74, 6) is 0. The summed E-state index contributed by atoms with van der Waals surface area (Å²) in [6, 6.07) is 26.4. The Labute approximate surface area is 156 Å². The Hall–Kier alpha value is -3.90. The van der Waals surface area contributed by atoms with Gasteiger partial charge >= 0.3 is 0 Å². The van der Waals surface area contributed by atoms with Crippen molar-refractivity contribution >= 4 is 34.0 Å².